The maximum Gasteiger partial charge on any atom is 0.251 e. The van der Waals surface area contributed by atoms with Crippen molar-refractivity contribution >= 4 is 33.4 Å². The summed E-state index contributed by atoms with van der Waals surface area (Å²) < 4.78 is 24.9. The number of nitrogens with zero attached hydrogens (tertiary/aromatic N) is 1. The summed E-state index contributed by atoms with van der Waals surface area (Å²) in [6.45, 7) is 2.16. The number of nitrogens with one attached hydrogen (secondary N) is 1. The van der Waals surface area contributed by atoms with Gasteiger partial charge >= 0.3 is 0 Å². The van der Waals surface area contributed by atoms with Gasteiger partial charge in [-0.15, -0.1) is 11.8 Å². The average Bonchev–Trinajstić information content (AvgIpc) is 2.65. The first kappa shape index (κ1) is 19.3. The van der Waals surface area contributed by atoms with E-state index in [1.54, 1.807) is 43.0 Å². The number of sulfonamides is 1. The van der Waals surface area contributed by atoms with Crippen LogP contribution in [0, 0.1) is 0 Å². The van der Waals surface area contributed by atoms with E-state index in [0.29, 0.717) is 17.8 Å². The van der Waals surface area contributed by atoms with Crippen molar-refractivity contribution in [2.24, 2.45) is 0 Å². The third-order valence-electron chi connectivity index (χ3n) is 3.67. The minimum atomic E-state index is -3.30. The molecule has 1 amide bonds. The van der Waals surface area contributed by atoms with Gasteiger partial charge in [-0.1, -0.05) is 18.2 Å². The highest BCUT2D eigenvalue weighted by Gasteiger charge is 2.16. The molecule has 134 valence electrons. The SMILES string of the molecule is CCS(=O)(=O)N(C)c1ccc(C(=O)NCCSc2ccccc2)cc1. The molecule has 0 aliphatic heterocycles. The lowest BCUT2D eigenvalue weighted by molar-refractivity contribution is 0.0956. The van der Waals surface area contributed by atoms with E-state index < -0.39 is 10.0 Å². The first-order valence-corrected chi connectivity index (χ1v) is 10.6. The van der Waals surface area contributed by atoms with Gasteiger partial charge in [0.2, 0.25) is 10.0 Å². The first-order valence-electron chi connectivity index (χ1n) is 7.97. The van der Waals surface area contributed by atoms with Crippen molar-refractivity contribution in [3.05, 3.63) is 60.2 Å². The fourth-order valence-corrected chi connectivity index (χ4v) is 3.75. The minimum absolute atomic E-state index is 0.0326. The molecule has 2 rings (SSSR count). The number of carbonyl (C=O) groups is 1. The van der Waals surface area contributed by atoms with Crippen LogP contribution in [0.2, 0.25) is 0 Å². The van der Waals surface area contributed by atoms with Crippen molar-refractivity contribution in [3.8, 4) is 0 Å². The number of carbonyl (C=O) groups excluding carboxylic acids is 1. The van der Waals surface area contributed by atoms with Crippen molar-refractivity contribution in [3.63, 3.8) is 0 Å². The first-order chi connectivity index (χ1) is 11.9. The Balaban J connectivity index is 1.86. The molecule has 5 nitrogen and oxygen atoms in total. The van der Waals surface area contributed by atoms with Crippen LogP contribution in [0.25, 0.3) is 0 Å². The quantitative estimate of drug-likeness (QED) is 0.566. The van der Waals surface area contributed by atoms with Crippen LogP contribution in [-0.2, 0) is 10.0 Å². The van der Waals surface area contributed by atoms with E-state index in [4.69, 9.17) is 0 Å². The van der Waals surface area contributed by atoms with Crippen LogP contribution in [0.15, 0.2) is 59.5 Å². The Bertz CT molecular complexity index is 791. The third-order valence-corrected chi connectivity index (χ3v) is 6.46. The van der Waals surface area contributed by atoms with Crippen molar-refractivity contribution in [1.82, 2.24) is 5.32 Å². The summed E-state index contributed by atoms with van der Waals surface area (Å²) in [6.07, 6.45) is 0. The Morgan fingerprint density at radius 1 is 1.08 bits per heavy atom. The molecule has 2 aromatic carbocycles. The molecule has 2 aromatic rings. The molecule has 0 radical (unpaired) electrons. The number of thioether (sulfide) groups is 1. The van der Waals surface area contributed by atoms with Crippen molar-refractivity contribution < 1.29 is 13.2 Å². The Labute approximate surface area is 153 Å². The second kappa shape index (κ2) is 8.92. The zero-order valence-corrected chi connectivity index (χ0v) is 15.9. The monoisotopic (exact) mass is 378 g/mol. The van der Waals surface area contributed by atoms with E-state index in [2.05, 4.69) is 5.32 Å². The molecular weight excluding hydrogens is 356 g/mol. The van der Waals surface area contributed by atoms with Gasteiger partial charge in [-0.25, -0.2) is 8.42 Å². The highest BCUT2D eigenvalue weighted by Crippen LogP contribution is 2.18. The van der Waals surface area contributed by atoms with Crippen LogP contribution in [0.5, 0.6) is 0 Å². The summed E-state index contributed by atoms with van der Waals surface area (Å²) in [5, 5.41) is 2.87. The van der Waals surface area contributed by atoms with Crippen LogP contribution in [0.1, 0.15) is 17.3 Å². The summed E-state index contributed by atoms with van der Waals surface area (Å²) in [5.74, 6) is 0.650. The Morgan fingerprint density at radius 2 is 1.72 bits per heavy atom. The van der Waals surface area contributed by atoms with Gasteiger partial charge in [0.15, 0.2) is 0 Å². The largest absolute Gasteiger partial charge is 0.351 e. The highest BCUT2D eigenvalue weighted by molar-refractivity contribution is 7.99. The zero-order chi connectivity index (χ0) is 18.3. The van der Waals surface area contributed by atoms with E-state index in [1.165, 1.54) is 16.2 Å². The van der Waals surface area contributed by atoms with Gasteiger partial charge in [0, 0.05) is 29.8 Å². The van der Waals surface area contributed by atoms with Crippen LogP contribution < -0.4 is 9.62 Å². The number of rotatable bonds is 8. The maximum atomic E-state index is 12.1. The predicted octanol–water partition coefficient (Wildman–Crippen LogP) is 2.99. The van der Waals surface area contributed by atoms with Gasteiger partial charge < -0.3 is 5.32 Å². The summed E-state index contributed by atoms with van der Waals surface area (Å²) in [6, 6.07) is 16.6. The van der Waals surface area contributed by atoms with E-state index in [-0.39, 0.29) is 11.7 Å². The summed E-state index contributed by atoms with van der Waals surface area (Å²) >= 11 is 1.68. The average molecular weight is 379 g/mol. The van der Waals surface area contributed by atoms with Gasteiger partial charge in [-0.3, -0.25) is 9.10 Å². The molecular formula is C18H22N2O3S2. The number of hydrogen-bond acceptors (Lipinski definition) is 4. The molecule has 0 saturated heterocycles. The number of hydrogen-bond donors (Lipinski definition) is 1. The minimum Gasteiger partial charge on any atom is -0.351 e. The molecule has 0 heterocycles. The van der Waals surface area contributed by atoms with E-state index in [1.807, 2.05) is 30.3 Å². The summed E-state index contributed by atoms with van der Waals surface area (Å²) in [7, 11) is -1.79. The molecule has 0 aliphatic carbocycles. The Kier molecular flexibility index (Phi) is 6.90. The molecule has 0 bridgehead atoms. The lowest BCUT2D eigenvalue weighted by Crippen LogP contribution is -2.28. The topological polar surface area (TPSA) is 66.5 Å². The summed E-state index contributed by atoms with van der Waals surface area (Å²) in [4.78, 5) is 13.3. The van der Waals surface area contributed by atoms with Gasteiger partial charge in [-0.2, -0.15) is 0 Å². The van der Waals surface area contributed by atoms with Crippen LogP contribution in [0.3, 0.4) is 0 Å². The molecule has 0 saturated carbocycles. The molecule has 0 aromatic heterocycles. The van der Waals surface area contributed by atoms with E-state index in [9.17, 15) is 13.2 Å². The molecule has 0 aliphatic rings. The fraction of sp³-hybridized carbons (Fsp3) is 0.278. The maximum absolute atomic E-state index is 12.1. The summed E-state index contributed by atoms with van der Waals surface area (Å²) in [5.41, 5.74) is 1.05. The standard InChI is InChI=1S/C18H22N2O3S2/c1-3-25(22,23)20(2)16-11-9-15(10-12-16)18(21)19-13-14-24-17-7-5-4-6-8-17/h4-12H,3,13-14H2,1-2H3,(H,19,21). The molecule has 0 fully saturated rings. The molecule has 0 spiro atoms. The number of benzene rings is 2. The Morgan fingerprint density at radius 3 is 2.32 bits per heavy atom. The second-order valence-corrected chi connectivity index (χ2v) is 8.79. The smallest absolute Gasteiger partial charge is 0.251 e. The lowest BCUT2D eigenvalue weighted by atomic mass is 10.2. The van der Waals surface area contributed by atoms with Gasteiger partial charge in [0.25, 0.3) is 5.91 Å². The van der Waals surface area contributed by atoms with Gasteiger partial charge in [-0.05, 0) is 43.3 Å². The normalized spacial score (nSPS) is 11.1. The van der Waals surface area contributed by atoms with E-state index in [0.717, 1.165) is 5.75 Å². The van der Waals surface area contributed by atoms with Crippen LogP contribution in [0.4, 0.5) is 5.69 Å². The molecule has 0 atom stereocenters. The molecule has 7 heteroatoms. The predicted molar refractivity (Wildman–Crippen MR) is 104 cm³/mol. The van der Waals surface area contributed by atoms with E-state index >= 15 is 0 Å². The van der Waals surface area contributed by atoms with Crippen LogP contribution in [-0.4, -0.2) is 39.4 Å². The molecule has 1 N–H and O–H groups in total. The molecule has 25 heavy (non-hydrogen) atoms. The fourth-order valence-electron chi connectivity index (χ4n) is 2.13. The second-order valence-electron chi connectivity index (χ2n) is 5.33. The van der Waals surface area contributed by atoms with Crippen molar-refractivity contribution in [2.75, 3.05) is 29.4 Å². The third kappa shape index (κ3) is 5.51. The zero-order valence-electron chi connectivity index (χ0n) is 14.3. The highest BCUT2D eigenvalue weighted by atomic mass is 32.2. The number of anilines is 1. The molecule has 0 unspecified atom stereocenters. The van der Waals surface area contributed by atoms with Gasteiger partial charge in [0.05, 0.1) is 11.4 Å². The Hall–Kier alpha value is -1.99. The lowest BCUT2D eigenvalue weighted by Gasteiger charge is -2.18. The van der Waals surface area contributed by atoms with Crippen molar-refractivity contribution in [2.45, 2.75) is 11.8 Å². The van der Waals surface area contributed by atoms with Crippen molar-refractivity contribution in [1.29, 1.82) is 0 Å². The number of amides is 1. The van der Waals surface area contributed by atoms with Crippen LogP contribution >= 0.6 is 11.8 Å². The van der Waals surface area contributed by atoms with Gasteiger partial charge in [0.1, 0.15) is 0 Å².